The van der Waals surface area contributed by atoms with Crippen LogP contribution < -0.4 is 0 Å². The van der Waals surface area contributed by atoms with Crippen LogP contribution in [-0.2, 0) is 9.47 Å². The summed E-state index contributed by atoms with van der Waals surface area (Å²) >= 11 is 0. The lowest BCUT2D eigenvalue weighted by Crippen LogP contribution is -2.27. The van der Waals surface area contributed by atoms with Crippen molar-refractivity contribution in [3.8, 4) is 0 Å². The van der Waals surface area contributed by atoms with Gasteiger partial charge in [-0.25, -0.2) is 0 Å². The van der Waals surface area contributed by atoms with Gasteiger partial charge < -0.3 is 14.6 Å². The van der Waals surface area contributed by atoms with Crippen LogP contribution in [0.15, 0.2) is 23.8 Å². The largest absolute Gasteiger partial charge is 0.392 e. The van der Waals surface area contributed by atoms with E-state index in [1.807, 2.05) is 6.08 Å². The van der Waals surface area contributed by atoms with Gasteiger partial charge in [-0.05, 0) is 43.6 Å². The molecule has 3 nitrogen and oxygen atoms in total. The van der Waals surface area contributed by atoms with Gasteiger partial charge >= 0.3 is 0 Å². The molecule has 19 heavy (non-hydrogen) atoms. The minimum absolute atomic E-state index is 0.136. The molecule has 108 valence electrons. The van der Waals surface area contributed by atoms with Crippen molar-refractivity contribution in [1.29, 1.82) is 0 Å². The van der Waals surface area contributed by atoms with Gasteiger partial charge in [0.05, 0.1) is 12.7 Å². The Balaban J connectivity index is 1.85. The lowest BCUT2D eigenvalue weighted by molar-refractivity contribution is 0.0277. The summed E-state index contributed by atoms with van der Waals surface area (Å²) in [6.07, 6.45) is 12.5. The molecule has 0 bridgehead atoms. The van der Waals surface area contributed by atoms with Crippen LogP contribution in [0.5, 0.6) is 0 Å². The molecule has 2 rings (SSSR count). The van der Waals surface area contributed by atoms with Crippen LogP contribution in [0, 0.1) is 11.8 Å². The molecule has 3 atom stereocenters. The number of hydrogen-bond acceptors (Lipinski definition) is 3. The first kappa shape index (κ1) is 14.8. The van der Waals surface area contributed by atoms with Crippen molar-refractivity contribution in [3.63, 3.8) is 0 Å². The van der Waals surface area contributed by atoms with E-state index in [2.05, 4.69) is 12.2 Å². The first-order chi connectivity index (χ1) is 9.33. The van der Waals surface area contributed by atoms with Crippen LogP contribution in [0.4, 0.5) is 0 Å². The van der Waals surface area contributed by atoms with Crippen LogP contribution in [0.2, 0.25) is 0 Å². The summed E-state index contributed by atoms with van der Waals surface area (Å²) in [5.74, 6) is 1.20. The minimum Gasteiger partial charge on any atom is -0.392 e. The van der Waals surface area contributed by atoms with Crippen molar-refractivity contribution in [2.24, 2.45) is 11.8 Å². The standard InChI is InChI=1S/C16H26O3/c1-18-9-2-3-13-4-6-15-11-14(12-17)5-7-16(15)19-10-8-13/h5,7,11,13,15-17H,2-4,6,8-10,12H2,1H3. The van der Waals surface area contributed by atoms with Gasteiger partial charge in [-0.2, -0.15) is 0 Å². The third-order valence-corrected chi connectivity index (χ3v) is 4.24. The number of fused-ring (bicyclic) bond motifs is 1. The van der Waals surface area contributed by atoms with Crippen LogP contribution in [0.3, 0.4) is 0 Å². The van der Waals surface area contributed by atoms with Gasteiger partial charge in [0.2, 0.25) is 0 Å². The fraction of sp³-hybridized carbons (Fsp3) is 0.750. The number of hydrogen-bond donors (Lipinski definition) is 1. The summed E-state index contributed by atoms with van der Waals surface area (Å²) < 4.78 is 11.1. The highest BCUT2D eigenvalue weighted by Crippen LogP contribution is 2.31. The molecule has 0 aromatic rings. The number of rotatable bonds is 5. The summed E-state index contributed by atoms with van der Waals surface area (Å²) in [5, 5.41) is 9.23. The van der Waals surface area contributed by atoms with Crippen molar-refractivity contribution in [2.45, 2.75) is 38.2 Å². The average molecular weight is 266 g/mol. The van der Waals surface area contributed by atoms with Gasteiger partial charge in [0.1, 0.15) is 0 Å². The second kappa shape index (κ2) is 7.83. The molecule has 3 heteroatoms. The molecule has 0 aromatic carbocycles. The summed E-state index contributed by atoms with van der Waals surface area (Å²) in [7, 11) is 1.77. The maximum absolute atomic E-state index is 9.23. The van der Waals surface area contributed by atoms with Crippen molar-refractivity contribution in [1.82, 2.24) is 0 Å². The monoisotopic (exact) mass is 266 g/mol. The molecule has 0 saturated carbocycles. The quantitative estimate of drug-likeness (QED) is 0.778. The Morgan fingerprint density at radius 3 is 3.05 bits per heavy atom. The summed E-state index contributed by atoms with van der Waals surface area (Å²) in [4.78, 5) is 0. The third-order valence-electron chi connectivity index (χ3n) is 4.24. The lowest BCUT2D eigenvalue weighted by atomic mass is 9.84. The van der Waals surface area contributed by atoms with Crippen LogP contribution in [-0.4, -0.2) is 38.1 Å². The van der Waals surface area contributed by atoms with Gasteiger partial charge in [-0.15, -0.1) is 0 Å². The minimum atomic E-state index is 0.136. The van der Waals surface area contributed by atoms with E-state index in [-0.39, 0.29) is 12.7 Å². The van der Waals surface area contributed by atoms with Crippen molar-refractivity contribution in [3.05, 3.63) is 23.8 Å². The van der Waals surface area contributed by atoms with E-state index in [4.69, 9.17) is 9.47 Å². The zero-order chi connectivity index (χ0) is 13.5. The van der Waals surface area contributed by atoms with Crippen molar-refractivity contribution in [2.75, 3.05) is 26.9 Å². The van der Waals surface area contributed by atoms with Crippen LogP contribution in [0.25, 0.3) is 0 Å². The van der Waals surface area contributed by atoms with Gasteiger partial charge in [0, 0.05) is 26.2 Å². The zero-order valence-electron chi connectivity index (χ0n) is 11.9. The van der Waals surface area contributed by atoms with Crippen LogP contribution >= 0.6 is 0 Å². The lowest BCUT2D eigenvalue weighted by Gasteiger charge is -2.31. The highest BCUT2D eigenvalue weighted by molar-refractivity contribution is 5.26. The van der Waals surface area contributed by atoms with Crippen molar-refractivity contribution < 1.29 is 14.6 Å². The average Bonchev–Trinajstić information content (AvgIpc) is 2.42. The predicted molar refractivity (Wildman–Crippen MR) is 76.0 cm³/mol. The molecule has 2 aliphatic rings. The summed E-state index contributed by atoms with van der Waals surface area (Å²) in [5.41, 5.74) is 1.03. The molecular weight excluding hydrogens is 240 g/mol. The molecule has 0 amide bonds. The van der Waals surface area contributed by atoms with Gasteiger partial charge in [-0.3, -0.25) is 0 Å². The predicted octanol–water partition coefficient (Wildman–Crippen LogP) is 2.70. The molecule has 1 aliphatic carbocycles. The fourth-order valence-electron chi connectivity index (χ4n) is 3.07. The van der Waals surface area contributed by atoms with E-state index < -0.39 is 0 Å². The normalized spacial score (nSPS) is 31.3. The first-order valence-electron chi connectivity index (χ1n) is 7.43. The molecule has 1 N–H and O–H groups in total. The van der Waals surface area contributed by atoms with E-state index >= 15 is 0 Å². The Labute approximate surface area is 116 Å². The zero-order valence-corrected chi connectivity index (χ0v) is 11.9. The second-order valence-electron chi connectivity index (χ2n) is 5.63. The van der Waals surface area contributed by atoms with E-state index in [9.17, 15) is 5.11 Å². The molecule has 1 fully saturated rings. The van der Waals surface area contributed by atoms with Gasteiger partial charge in [0.25, 0.3) is 0 Å². The van der Waals surface area contributed by atoms with Gasteiger partial charge in [0.15, 0.2) is 0 Å². The fourth-order valence-corrected chi connectivity index (χ4v) is 3.07. The molecular formula is C16H26O3. The Hall–Kier alpha value is -0.640. The summed E-state index contributed by atoms with van der Waals surface area (Å²) in [6, 6.07) is 0. The number of aliphatic hydroxyl groups excluding tert-OH is 1. The highest BCUT2D eigenvalue weighted by atomic mass is 16.5. The van der Waals surface area contributed by atoms with Crippen LogP contribution in [0.1, 0.15) is 32.1 Å². The van der Waals surface area contributed by atoms with E-state index in [1.165, 1.54) is 12.8 Å². The van der Waals surface area contributed by atoms with E-state index in [0.717, 1.165) is 44.0 Å². The SMILES string of the molecule is COCCCC1CCOC2C=CC(CO)=CC2CC1. The molecule has 3 unspecified atom stereocenters. The maximum Gasteiger partial charge on any atom is 0.0821 e. The highest BCUT2D eigenvalue weighted by Gasteiger charge is 2.25. The first-order valence-corrected chi connectivity index (χ1v) is 7.43. The van der Waals surface area contributed by atoms with Gasteiger partial charge in [-0.1, -0.05) is 18.2 Å². The Morgan fingerprint density at radius 1 is 1.37 bits per heavy atom. The Bertz CT molecular complexity index is 322. The molecule has 0 spiro atoms. The summed E-state index contributed by atoms with van der Waals surface area (Å²) in [6.45, 7) is 1.85. The molecule has 1 aliphatic heterocycles. The topological polar surface area (TPSA) is 38.7 Å². The molecule has 0 aromatic heterocycles. The van der Waals surface area contributed by atoms with E-state index in [1.54, 1.807) is 7.11 Å². The number of aliphatic hydroxyl groups is 1. The maximum atomic E-state index is 9.23. The second-order valence-corrected chi connectivity index (χ2v) is 5.63. The Kier molecular flexibility index (Phi) is 6.08. The molecule has 0 radical (unpaired) electrons. The smallest absolute Gasteiger partial charge is 0.0821 e. The van der Waals surface area contributed by atoms with E-state index in [0.29, 0.717) is 5.92 Å². The third kappa shape index (κ3) is 4.44. The Morgan fingerprint density at radius 2 is 2.26 bits per heavy atom. The number of ether oxygens (including phenoxy) is 2. The molecule has 1 saturated heterocycles. The number of methoxy groups -OCH3 is 1. The molecule has 1 heterocycles. The van der Waals surface area contributed by atoms with Crippen molar-refractivity contribution >= 4 is 0 Å².